The smallest absolute Gasteiger partial charge is 0.323 e. The van der Waals surface area contributed by atoms with Gasteiger partial charge in [0.1, 0.15) is 0 Å². The molecule has 5 heteroatoms. The molecule has 1 heterocycles. The monoisotopic (exact) mass is 298 g/mol. The second-order valence-electron chi connectivity index (χ2n) is 5.79. The van der Waals surface area contributed by atoms with Crippen molar-refractivity contribution in [3.63, 3.8) is 0 Å². The number of fused-ring (bicyclic) bond motifs is 1. The van der Waals surface area contributed by atoms with E-state index in [1.165, 1.54) is 4.90 Å². The molecular weight excluding hydrogens is 280 g/mol. The minimum Gasteiger partial charge on any atom is -0.323 e. The summed E-state index contributed by atoms with van der Waals surface area (Å²) in [6.45, 7) is 0.365. The summed E-state index contributed by atoms with van der Waals surface area (Å²) in [4.78, 5) is 39.5. The van der Waals surface area contributed by atoms with Gasteiger partial charge in [0.25, 0.3) is 0 Å². The van der Waals surface area contributed by atoms with Gasteiger partial charge < -0.3 is 4.90 Å². The van der Waals surface area contributed by atoms with Crippen molar-refractivity contribution in [2.24, 2.45) is 11.8 Å². The molecule has 1 fully saturated rings. The fourth-order valence-electron chi connectivity index (χ4n) is 3.08. The average molecular weight is 298 g/mol. The lowest BCUT2D eigenvalue weighted by molar-refractivity contribution is -0.136. The van der Waals surface area contributed by atoms with Crippen LogP contribution in [-0.2, 0) is 16.1 Å². The third-order valence-corrected chi connectivity index (χ3v) is 4.29. The molecule has 4 amide bonds. The molecular formula is C17H18N2O3. The second kappa shape index (κ2) is 5.75. The number of hydrogen-bond donors (Lipinski definition) is 0. The first-order chi connectivity index (χ1) is 10.6. The molecule has 5 nitrogen and oxygen atoms in total. The number of benzene rings is 1. The van der Waals surface area contributed by atoms with Gasteiger partial charge in [0.15, 0.2) is 0 Å². The molecule has 0 aromatic heterocycles. The van der Waals surface area contributed by atoms with E-state index in [9.17, 15) is 14.4 Å². The number of hydrogen-bond acceptors (Lipinski definition) is 3. The van der Waals surface area contributed by atoms with Crippen LogP contribution in [0.2, 0.25) is 0 Å². The van der Waals surface area contributed by atoms with Crippen LogP contribution < -0.4 is 0 Å². The van der Waals surface area contributed by atoms with Crippen molar-refractivity contribution >= 4 is 17.8 Å². The van der Waals surface area contributed by atoms with Crippen molar-refractivity contribution in [1.29, 1.82) is 0 Å². The first kappa shape index (κ1) is 14.5. The molecule has 0 bridgehead atoms. The molecule has 0 saturated carbocycles. The first-order valence-electron chi connectivity index (χ1n) is 7.41. The maximum absolute atomic E-state index is 12.5. The predicted octanol–water partition coefficient (Wildman–Crippen LogP) is 2.19. The quantitative estimate of drug-likeness (QED) is 0.621. The van der Waals surface area contributed by atoms with Crippen LogP contribution in [0.5, 0.6) is 0 Å². The van der Waals surface area contributed by atoms with Gasteiger partial charge in [-0.25, -0.2) is 4.79 Å². The number of carbonyl (C=O) groups is 3. The zero-order valence-electron chi connectivity index (χ0n) is 12.4. The highest BCUT2D eigenvalue weighted by Gasteiger charge is 2.50. The highest BCUT2D eigenvalue weighted by Crippen LogP contribution is 2.35. The lowest BCUT2D eigenvalue weighted by Gasteiger charge is -2.22. The zero-order valence-corrected chi connectivity index (χ0v) is 12.4. The van der Waals surface area contributed by atoms with E-state index in [4.69, 9.17) is 0 Å². The van der Waals surface area contributed by atoms with E-state index in [0.29, 0.717) is 19.4 Å². The molecule has 2 atom stereocenters. The van der Waals surface area contributed by atoms with Gasteiger partial charge in [-0.2, -0.15) is 4.90 Å². The number of urea groups is 1. The number of carbonyl (C=O) groups excluding carboxylic acids is 3. The van der Waals surface area contributed by atoms with Gasteiger partial charge in [-0.05, 0) is 18.4 Å². The number of rotatable bonds is 2. The molecule has 1 aromatic carbocycles. The molecule has 1 aliphatic carbocycles. The summed E-state index contributed by atoms with van der Waals surface area (Å²) in [5.74, 6) is -1.45. The van der Waals surface area contributed by atoms with Crippen molar-refractivity contribution in [2.45, 2.75) is 19.4 Å². The van der Waals surface area contributed by atoms with Crippen molar-refractivity contribution in [3.05, 3.63) is 48.0 Å². The molecule has 1 aromatic rings. The highest BCUT2D eigenvalue weighted by molar-refractivity contribution is 6.16. The predicted molar refractivity (Wildman–Crippen MR) is 80.5 cm³/mol. The number of imide groups is 3. The molecule has 0 spiro atoms. The van der Waals surface area contributed by atoms with Crippen molar-refractivity contribution < 1.29 is 14.4 Å². The minimum absolute atomic E-state index is 0.357. The van der Waals surface area contributed by atoms with E-state index in [0.717, 1.165) is 10.5 Å². The fraction of sp³-hybridized carbons (Fsp3) is 0.353. The van der Waals surface area contributed by atoms with E-state index >= 15 is 0 Å². The maximum atomic E-state index is 12.5. The topological polar surface area (TPSA) is 57.7 Å². The molecule has 22 heavy (non-hydrogen) atoms. The Kier molecular flexibility index (Phi) is 3.79. The Labute approximate surface area is 129 Å². The highest BCUT2D eigenvalue weighted by atomic mass is 16.2. The lowest BCUT2D eigenvalue weighted by Crippen LogP contribution is -2.44. The van der Waals surface area contributed by atoms with Crippen LogP contribution in [0.15, 0.2) is 42.5 Å². The average Bonchev–Trinajstić information content (AvgIpc) is 2.79. The van der Waals surface area contributed by atoms with Gasteiger partial charge in [-0.3, -0.25) is 9.59 Å². The van der Waals surface area contributed by atoms with Crippen molar-refractivity contribution in [3.8, 4) is 0 Å². The molecule has 3 rings (SSSR count). The SMILES string of the molecule is CN(Cc1ccccc1)C(=O)N1C(=O)C2CC=CCC2C1=O. The third-order valence-electron chi connectivity index (χ3n) is 4.29. The van der Waals surface area contributed by atoms with Gasteiger partial charge in [0, 0.05) is 13.6 Å². The van der Waals surface area contributed by atoms with E-state index in [1.807, 2.05) is 42.5 Å². The Hall–Kier alpha value is -2.43. The Morgan fingerprint density at radius 3 is 2.18 bits per heavy atom. The fourth-order valence-corrected chi connectivity index (χ4v) is 3.08. The van der Waals surface area contributed by atoms with Crippen LogP contribution in [0.3, 0.4) is 0 Å². The molecule has 2 aliphatic rings. The number of amides is 4. The lowest BCUT2D eigenvalue weighted by atomic mass is 9.85. The van der Waals surface area contributed by atoms with Gasteiger partial charge >= 0.3 is 6.03 Å². The number of nitrogens with zero attached hydrogens (tertiary/aromatic N) is 2. The van der Waals surface area contributed by atoms with Crippen molar-refractivity contribution in [1.82, 2.24) is 9.80 Å². The van der Waals surface area contributed by atoms with E-state index < -0.39 is 6.03 Å². The summed E-state index contributed by atoms with van der Waals surface area (Å²) < 4.78 is 0. The van der Waals surface area contributed by atoms with Crippen molar-refractivity contribution in [2.75, 3.05) is 7.05 Å². The Morgan fingerprint density at radius 1 is 1.09 bits per heavy atom. The molecule has 1 saturated heterocycles. The number of likely N-dealkylation sites (tertiary alicyclic amines) is 1. The van der Waals surface area contributed by atoms with E-state index in [-0.39, 0.29) is 23.7 Å². The van der Waals surface area contributed by atoms with Gasteiger partial charge in [0.2, 0.25) is 11.8 Å². The summed E-state index contributed by atoms with van der Waals surface area (Å²) in [7, 11) is 1.61. The Bertz CT molecular complexity index is 613. The molecule has 2 unspecified atom stereocenters. The summed E-state index contributed by atoms with van der Waals surface area (Å²) in [5.41, 5.74) is 0.955. The minimum atomic E-state index is -0.534. The molecule has 0 radical (unpaired) electrons. The van der Waals surface area contributed by atoms with Crippen LogP contribution in [0, 0.1) is 11.8 Å². The van der Waals surface area contributed by atoms with Gasteiger partial charge in [0.05, 0.1) is 11.8 Å². The largest absolute Gasteiger partial charge is 0.333 e. The summed E-state index contributed by atoms with van der Waals surface area (Å²) >= 11 is 0. The van der Waals surface area contributed by atoms with Crippen LogP contribution in [0.4, 0.5) is 4.79 Å². The summed E-state index contributed by atoms with van der Waals surface area (Å²) in [6.07, 6.45) is 4.91. The molecule has 0 N–H and O–H groups in total. The summed E-state index contributed by atoms with van der Waals surface area (Å²) in [5, 5.41) is 0. The Balaban J connectivity index is 1.74. The zero-order chi connectivity index (χ0) is 15.7. The van der Waals surface area contributed by atoms with Crippen LogP contribution in [0.25, 0.3) is 0 Å². The number of allylic oxidation sites excluding steroid dienone is 2. The van der Waals surface area contributed by atoms with Gasteiger partial charge in [-0.1, -0.05) is 42.5 Å². The van der Waals surface area contributed by atoms with Crippen LogP contribution in [-0.4, -0.2) is 34.7 Å². The van der Waals surface area contributed by atoms with E-state index in [1.54, 1.807) is 7.05 Å². The van der Waals surface area contributed by atoms with Crippen LogP contribution >= 0.6 is 0 Å². The normalized spacial score (nSPS) is 23.6. The van der Waals surface area contributed by atoms with E-state index in [2.05, 4.69) is 0 Å². The first-order valence-corrected chi connectivity index (χ1v) is 7.41. The van der Waals surface area contributed by atoms with Gasteiger partial charge in [-0.15, -0.1) is 0 Å². The maximum Gasteiger partial charge on any atom is 0.333 e. The second-order valence-corrected chi connectivity index (χ2v) is 5.79. The molecule has 1 aliphatic heterocycles. The third kappa shape index (κ3) is 2.43. The summed E-state index contributed by atoms with van der Waals surface area (Å²) in [6, 6.07) is 8.95. The Morgan fingerprint density at radius 2 is 1.64 bits per heavy atom. The van der Waals surface area contributed by atoms with Crippen LogP contribution in [0.1, 0.15) is 18.4 Å². The standard InChI is InChI=1S/C17H18N2O3/c1-18(11-12-7-3-2-4-8-12)17(22)19-15(20)13-9-5-6-10-14(13)16(19)21/h2-8,13-14H,9-11H2,1H3. The molecule has 114 valence electrons.